The van der Waals surface area contributed by atoms with E-state index >= 15 is 0 Å². The number of benzene rings is 2. The molecule has 0 N–H and O–H groups in total. The molecule has 0 atom stereocenters. The molecule has 2 aromatic carbocycles. The van der Waals surface area contributed by atoms with E-state index in [2.05, 4.69) is 123 Å². The quantitative estimate of drug-likeness (QED) is 0.209. The van der Waals surface area contributed by atoms with Gasteiger partial charge in [-0.2, -0.15) is 0 Å². The third kappa shape index (κ3) is 5.51. The molecular weight excluding hydrogens is 793 g/mol. The summed E-state index contributed by atoms with van der Waals surface area (Å²) in [6, 6.07) is 5.57. The van der Waals surface area contributed by atoms with Crippen molar-refractivity contribution >= 4 is 50.6 Å². The van der Waals surface area contributed by atoms with Crippen molar-refractivity contribution in [2.45, 2.75) is 231 Å². The Morgan fingerprint density at radius 3 is 0.712 bits per heavy atom. The number of fused-ring (bicyclic) bond motifs is 4. The second kappa shape index (κ2) is 13.3. The van der Waals surface area contributed by atoms with Gasteiger partial charge in [0.2, 0.25) is 0 Å². The molecule has 0 nitrogen and oxygen atoms in total. The van der Waals surface area contributed by atoms with E-state index in [4.69, 9.17) is 20.0 Å². The molecule has 0 saturated heterocycles. The average molecular weight is 867 g/mol. The van der Waals surface area contributed by atoms with Crippen LogP contribution in [0, 0.1) is 0 Å². The molecule has 6 rings (SSSR count). The van der Waals surface area contributed by atoms with Gasteiger partial charge in [0.05, 0.1) is 0 Å². The maximum absolute atomic E-state index is 8.65. The van der Waals surface area contributed by atoms with Crippen molar-refractivity contribution in [3.8, 4) is 0 Å². The monoisotopic (exact) mass is 868 g/mol. The Hall–Kier alpha value is 0.106. The van der Waals surface area contributed by atoms with Gasteiger partial charge in [0, 0.05) is 0 Å². The Balaban J connectivity index is 1.85. The van der Waals surface area contributed by atoms with Gasteiger partial charge in [-0.3, -0.25) is 0 Å². The van der Waals surface area contributed by atoms with Gasteiger partial charge in [0.15, 0.2) is 0 Å². The van der Waals surface area contributed by atoms with Crippen LogP contribution < -0.4 is 8.79 Å². The van der Waals surface area contributed by atoms with Crippen molar-refractivity contribution in [2.24, 2.45) is 0 Å². The summed E-state index contributed by atoms with van der Waals surface area (Å²) in [6.45, 7) is 40.2. The molecule has 2 aromatic rings. The Morgan fingerprint density at radius 2 is 0.558 bits per heavy atom. The van der Waals surface area contributed by atoms with Gasteiger partial charge in [-0.25, -0.2) is 0 Å². The average Bonchev–Trinajstić information content (AvgIpc) is 3.69. The van der Waals surface area contributed by atoms with Crippen molar-refractivity contribution in [2.75, 3.05) is 0 Å². The second-order valence-electron chi connectivity index (χ2n) is 21.0. The molecule has 0 bridgehead atoms. The minimum absolute atomic E-state index is 0.0897. The SMILES string of the molecule is CCC1(CC)CC(C)(C)c2c1cc1c([c]2/[Ge]([Cl])=[Ge](\[Cl])[c]2c3c(cc4c2C(C)(C)CC4(CC)CC)C(CC)(CC)CC3(C)C)C(C)(C)CC1(CC)CC. The van der Waals surface area contributed by atoms with Crippen LogP contribution in [-0.2, 0) is 43.3 Å². The third-order valence-electron chi connectivity index (χ3n) is 16.8. The molecule has 52 heavy (non-hydrogen) atoms. The molecule has 0 unspecified atom stereocenters. The zero-order chi connectivity index (χ0) is 38.8. The summed E-state index contributed by atoms with van der Waals surface area (Å²) in [7, 11) is 12.1. The zero-order valence-corrected chi connectivity index (χ0v) is 42.1. The van der Waals surface area contributed by atoms with E-state index in [9.17, 15) is 0 Å². The third-order valence-corrected chi connectivity index (χ3v) is 46.0. The standard InChI is InChI=1S/C48H74Cl2Ge2/c1-17-45(18-2)27-41(9,10)35-31(45)25-32-36(42(11,12)28-46(32,19-3)20-4)39(35)51(49)52(50)40-37-33(47(21-5,22-6)29-43(37,13)14)26-34-38(40)44(15,16)30-48(34,23-7)24-8/h25-26H,17-24,27-30H2,1-16H3/b52-51+. The Kier molecular flexibility index (Phi) is 10.7. The van der Waals surface area contributed by atoms with E-state index in [0.29, 0.717) is 0 Å². The van der Waals surface area contributed by atoms with Crippen LogP contribution in [0.5, 0.6) is 0 Å². The summed E-state index contributed by atoms with van der Waals surface area (Å²) in [5.74, 6) is 0. The van der Waals surface area contributed by atoms with E-state index in [0.717, 1.165) is 0 Å². The first-order valence-electron chi connectivity index (χ1n) is 21.6. The van der Waals surface area contributed by atoms with Gasteiger partial charge < -0.3 is 0 Å². The summed E-state index contributed by atoms with van der Waals surface area (Å²) >= 11 is 0. The minimum atomic E-state index is -2.61. The fourth-order valence-electron chi connectivity index (χ4n) is 14.2. The van der Waals surface area contributed by atoms with Crippen molar-refractivity contribution in [3.05, 3.63) is 56.6 Å². The summed E-state index contributed by atoms with van der Waals surface area (Å²) in [4.78, 5) is 0. The van der Waals surface area contributed by atoms with E-state index in [1.165, 1.54) is 77.0 Å². The molecule has 4 heteroatoms. The summed E-state index contributed by atoms with van der Waals surface area (Å²) in [5.41, 5.74) is 14.6. The first-order valence-corrected chi connectivity index (χ1v) is 35.7. The van der Waals surface area contributed by atoms with Gasteiger partial charge in [0.25, 0.3) is 0 Å². The van der Waals surface area contributed by atoms with Crippen LogP contribution in [-0.4, -0.2) is 21.8 Å². The first kappa shape index (κ1) is 41.7. The number of rotatable bonds is 10. The molecule has 288 valence electrons. The molecule has 0 heterocycles. The molecule has 4 aliphatic rings. The van der Waals surface area contributed by atoms with E-state index in [1.807, 2.05) is 0 Å². The van der Waals surface area contributed by atoms with Gasteiger partial charge >= 0.3 is 338 Å². The molecule has 0 aromatic heterocycles. The molecule has 0 radical (unpaired) electrons. The van der Waals surface area contributed by atoms with Gasteiger partial charge in [-0.1, -0.05) is 0 Å². The van der Waals surface area contributed by atoms with Crippen LogP contribution in [0.1, 0.15) is 232 Å². The molecule has 0 spiro atoms. The van der Waals surface area contributed by atoms with Gasteiger partial charge in [-0.05, 0) is 0 Å². The normalized spacial score (nSPS) is 24.7. The van der Waals surface area contributed by atoms with Crippen molar-refractivity contribution in [1.29, 1.82) is 0 Å². The summed E-state index contributed by atoms with van der Waals surface area (Å²) in [6.07, 6.45) is 14.5. The predicted molar refractivity (Wildman–Crippen MR) is 235 cm³/mol. The Labute approximate surface area is 336 Å². The van der Waals surface area contributed by atoms with Crippen LogP contribution in [0.3, 0.4) is 0 Å². The molecule has 0 amide bonds. The number of hydrogen-bond donors (Lipinski definition) is 0. The van der Waals surface area contributed by atoms with E-state index < -0.39 is 21.8 Å². The van der Waals surface area contributed by atoms with Crippen molar-refractivity contribution in [3.63, 3.8) is 0 Å². The van der Waals surface area contributed by atoms with Crippen molar-refractivity contribution in [1.82, 2.24) is 0 Å². The Morgan fingerprint density at radius 1 is 0.385 bits per heavy atom. The molecular formula is C48H74Cl2Ge2. The van der Waals surface area contributed by atoms with Crippen LogP contribution in [0.2, 0.25) is 0 Å². The fraction of sp³-hybridized carbons (Fsp3) is 0.750. The van der Waals surface area contributed by atoms with Crippen molar-refractivity contribution < 1.29 is 0 Å². The zero-order valence-electron chi connectivity index (χ0n) is 36.4. The Bertz CT molecular complexity index is 1560. The molecule has 0 fully saturated rings. The molecule has 0 saturated carbocycles. The van der Waals surface area contributed by atoms with Crippen LogP contribution >= 0.6 is 20.0 Å². The molecule has 4 aliphatic carbocycles. The van der Waals surface area contributed by atoms with Crippen LogP contribution in [0.15, 0.2) is 12.1 Å². The second-order valence-corrected chi connectivity index (χ2v) is 47.5. The summed E-state index contributed by atoms with van der Waals surface area (Å²) < 4.78 is 3.32. The topological polar surface area (TPSA) is 0 Å². The van der Waals surface area contributed by atoms with E-state index in [1.54, 1.807) is 53.3 Å². The van der Waals surface area contributed by atoms with Crippen LogP contribution in [0.4, 0.5) is 0 Å². The molecule has 0 aliphatic heterocycles. The predicted octanol–water partition coefficient (Wildman–Crippen LogP) is 13.3. The first-order chi connectivity index (χ1) is 24.1. The van der Waals surface area contributed by atoms with E-state index in [-0.39, 0.29) is 43.3 Å². The summed E-state index contributed by atoms with van der Waals surface area (Å²) in [5, 5.41) is 0. The van der Waals surface area contributed by atoms with Gasteiger partial charge in [-0.15, -0.1) is 0 Å². The fourth-order valence-corrected chi connectivity index (χ4v) is 38.2. The number of halogens is 2. The number of hydrogen-bond acceptors (Lipinski definition) is 0. The van der Waals surface area contributed by atoms with Gasteiger partial charge in [0.1, 0.15) is 0 Å². The maximum atomic E-state index is 8.65. The van der Waals surface area contributed by atoms with Crippen LogP contribution in [0.25, 0.3) is 0 Å².